The second-order valence-corrected chi connectivity index (χ2v) is 4.72. The van der Waals surface area contributed by atoms with Gasteiger partial charge in [-0.05, 0) is 32.0 Å². The number of aryl methyl sites for hydroxylation is 1. The number of halogens is 2. The van der Waals surface area contributed by atoms with Gasteiger partial charge in [-0.2, -0.15) is 0 Å². The average Bonchev–Trinajstić information content (AvgIpc) is 2.32. The molecule has 1 aromatic carbocycles. The van der Waals surface area contributed by atoms with Gasteiger partial charge in [0.2, 0.25) is 0 Å². The minimum atomic E-state index is 0.582. The highest BCUT2D eigenvalue weighted by atomic mass is 35.5. The van der Waals surface area contributed by atoms with Crippen LogP contribution in [0.25, 0.3) is 11.4 Å². The third-order valence-electron chi connectivity index (χ3n) is 2.38. The number of nitrogens with one attached hydrogen (secondary N) is 1. The summed E-state index contributed by atoms with van der Waals surface area (Å²) in [6.07, 6.45) is 0. The molecule has 0 saturated carbocycles. The van der Waals surface area contributed by atoms with Gasteiger partial charge in [0.25, 0.3) is 0 Å². The van der Waals surface area contributed by atoms with Gasteiger partial charge in [-0.1, -0.05) is 23.2 Å². The molecule has 0 aliphatic heterocycles. The van der Waals surface area contributed by atoms with Crippen LogP contribution in [0.1, 0.15) is 12.6 Å². The highest BCUT2D eigenvalue weighted by Gasteiger charge is 2.09. The van der Waals surface area contributed by atoms with Crippen LogP contribution < -0.4 is 5.32 Å². The van der Waals surface area contributed by atoms with Crippen molar-refractivity contribution < 1.29 is 0 Å². The summed E-state index contributed by atoms with van der Waals surface area (Å²) in [5.41, 5.74) is 1.62. The molecule has 2 aromatic rings. The van der Waals surface area contributed by atoms with Gasteiger partial charge >= 0.3 is 0 Å². The van der Waals surface area contributed by atoms with E-state index >= 15 is 0 Å². The molecule has 1 N–H and O–H groups in total. The Morgan fingerprint density at radius 1 is 1.17 bits per heavy atom. The number of anilines is 1. The summed E-state index contributed by atoms with van der Waals surface area (Å²) in [6.45, 7) is 4.74. The van der Waals surface area contributed by atoms with Crippen LogP contribution in [0.3, 0.4) is 0 Å². The van der Waals surface area contributed by atoms with Crippen LogP contribution >= 0.6 is 23.2 Å². The van der Waals surface area contributed by atoms with E-state index in [0.717, 1.165) is 23.6 Å². The molecule has 0 aliphatic carbocycles. The van der Waals surface area contributed by atoms with Crippen LogP contribution in [0, 0.1) is 6.92 Å². The first-order chi connectivity index (χ1) is 8.60. The van der Waals surface area contributed by atoms with Gasteiger partial charge in [0.15, 0.2) is 5.82 Å². The summed E-state index contributed by atoms with van der Waals surface area (Å²) in [6, 6.07) is 7.16. The summed E-state index contributed by atoms with van der Waals surface area (Å²) < 4.78 is 0. The van der Waals surface area contributed by atoms with E-state index < -0.39 is 0 Å². The van der Waals surface area contributed by atoms with E-state index in [-0.39, 0.29) is 0 Å². The largest absolute Gasteiger partial charge is 0.370 e. The van der Waals surface area contributed by atoms with Crippen LogP contribution in [-0.4, -0.2) is 16.5 Å². The smallest absolute Gasteiger partial charge is 0.163 e. The first-order valence-corrected chi connectivity index (χ1v) is 6.40. The van der Waals surface area contributed by atoms with Crippen molar-refractivity contribution in [3.8, 4) is 11.4 Å². The van der Waals surface area contributed by atoms with Gasteiger partial charge < -0.3 is 5.32 Å². The summed E-state index contributed by atoms with van der Waals surface area (Å²) >= 11 is 12.1. The first kappa shape index (κ1) is 13.1. The molecule has 18 heavy (non-hydrogen) atoms. The van der Waals surface area contributed by atoms with Crippen molar-refractivity contribution in [3.63, 3.8) is 0 Å². The molecular weight excluding hydrogens is 269 g/mol. The van der Waals surface area contributed by atoms with Crippen LogP contribution in [0.2, 0.25) is 10.0 Å². The van der Waals surface area contributed by atoms with Crippen LogP contribution in [0.15, 0.2) is 24.3 Å². The van der Waals surface area contributed by atoms with Crippen molar-refractivity contribution in [3.05, 3.63) is 40.0 Å². The normalized spacial score (nSPS) is 10.4. The maximum absolute atomic E-state index is 6.15. The fourth-order valence-electron chi connectivity index (χ4n) is 1.63. The Balaban J connectivity index is 2.52. The molecule has 1 heterocycles. The minimum absolute atomic E-state index is 0.582. The van der Waals surface area contributed by atoms with Crippen LogP contribution in [0.4, 0.5) is 5.82 Å². The Hall–Kier alpha value is -1.32. The van der Waals surface area contributed by atoms with E-state index in [0.29, 0.717) is 15.9 Å². The summed E-state index contributed by atoms with van der Waals surface area (Å²) in [7, 11) is 0. The maximum atomic E-state index is 6.15. The first-order valence-electron chi connectivity index (χ1n) is 5.65. The second-order valence-electron chi connectivity index (χ2n) is 3.87. The average molecular weight is 282 g/mol. The molecule has 0 unspecified atom stereocenters. The second kappa shape index (κ2) is 5.55. The fraction of sp³-hybridized carbons (Fsp3) is 0.231. The fourth-order valence-corrected chi connectivity index (χ4v) is 2.00. The number of hydrogen-bond donors (Lipinski definition) is 1. The lowest BCUT2D eigenvalue weighted by Crippen LogP contribution is -2.02. The maximum Gasteiger partial charge on any atom is 0.163 e. The van der Waals surface area contributed by atoms with E-state index in [9.17, 15) is 0 Å². The monoisotopic (exact) mass is 281 g/mol. The third-order valence-corrected chi connectivity index (χ3v) is 2.95. The van der Waals surface area contributed by atoms with Crippen molar-refractivity contribution in [2.45, 2.75) is 13.8 Å². The third kappa shape index (κ3) is 2.92. The molecule has 5 heteroatoms. The molecule has 0 bridgehead atoms. The number of aromatic nitrogens is 2. The SMILES string of the molecule is CCNc1cc(C)nc(-c2cc(Cl)ccc2Cl)n1. The zero-order chi connectivity index (χ0) is 13.1. The molecule has 0 amide bonds. The summed E-state index contributed by atoms with van der Waals surface area (Å²) in [5.74, 6) is 1.37. The van der Waals surface area contributed by atoms with Gasteiger partial charge in [0, 0.05) is 28.9 Å². The number of rotatable bonds is 3. The lowest BCUT2D eigenvalue weighted by atomic mass is 10.2. The molecule has 94 valence electrons. The molecule has 0 atom stereocenters. The van der Waals surface area contributed by atoms with Gasteiger partial charge in [-0.15, -0.1) is 0 Å². The molecule has 3 nitrogen and oxygen atoms in total. The molecule has 2 rings (SSSR count). The van der Waals surface area contributed by atoms with E-state index in [1.807, 2.05) is 19.9 Å². The van der Waals surface area contributed by atoms with Crippen LogP contribution in [-0.2, 0) is 0 Å². The Kier molecular flexibility index (Phi) is 4.04. The Morgan fingerprint density at radius 3 is 2.67 bits per heavy atom. The van der Waals surface area contributed by atoms with Crippen molar-refractivity contribution in [1.29, 1.82) is 0 Å². The molecule has 0 spiro atoms. The van der Waals surface area contributed by atoms with E-state index in [4.69, 9.17) is 23.2 Å². The minimum Gasteiger partial charge on any atom is -0.370 e. The molecular formula is C13H13Cl2N3. The van der Waals surface area contributed by atoms with Crippen molar-refractivity contribution in [1.82, 2.24) is 9.97 Å². The highest BCUT2D eigenvalue weighted by Crippen LogP contribution is 2.29. The predicted octanol–water partition coefficient (Wildman–Crippen LogP) is 4.19. The lowest BCUT2D eigenvalue weighted by Gasteiger charge is -2.08. The molecule has 0 fully saturated rings. The molecule has 1 aromatic heterocycles. The Bertz CT molecular complexity index is 570. The van der Waals surface area contributed by atoms with E-state index in [1.165, 1.54) is 0 Å². The quantitative estimate of drug-likeness (QED) is 0.917. The molecule has 0 aliphatic rings. The van der Waals surface area contributed by atoms with Crippen molar-refractivity contribution in [2.24, 2.45) is 0 Å². The summed E-state index contributed by atoms with van der Waals surface area (Å²) in [4.78, 5) is 8.82. The van der Waals surface area contributed by atoms with Gasteiger partial charge in [0.1, 0.15) is 5.82 Å². The van der Waals surface area contributed by atoms with Crippen LogP contribution in [0.5, 0.6) is 0 Å². The zero-order valence-corrected chi connectivity index (χ0v) is 11.7. The van der Waals surface area contributed by atoms with Crippen molar-refractivity contribution >= 4 is 29.0 Å². The lowest BCUT2D eigenvalue weighted by molar-refractivity contribution is 1.08. The standard InChI is InChI=1S/C13H13Cl2N3/c1-3-16-12-6-8(2)17-13(18-12)10-7-9(14)4-5-11(10)15/h4-7H,3H2,1-2H3,(H,16,17,18). The number of nitrogens with zero attached hydrogens (tertiary/aromatic N) is 2. The van der Waals surface area contributed by atoms with Gasteiger partial charge in [0.05, 0.1) is 5.02 Å². The van der Waals surface area contributed by atoms with E-state index in [1.54, 1.807) is 18.2 Å². The van der Waals surface area contributed by atoms with Crippen molar-refractivity contribution in [2.75, 3.05) is 11.9 Å². The Morgan fingerprint density at radius 2 is 1.94 bits per heavy atom. The molecule has 0 radical (unpaired) electrons. The Labute approximate surface area is 116 Å². The topological polar surface area (TPSA) is 37.8 Å². The van der Waals surface area contributed by atoms with Gasteiger partial charge in [-0.3, -0.25) is 0 Å². The van der Waals surface area contributed by atoms with Gasteiger partial charge in [-0.25, -0.2) is 9.97 Å². The zero-order valence-electron chi connectivity index (χ0n) is 10.2. The highest BCUT2D eigenvalue weighted by molar-refractivity contribution is 6.35. The number of hydrogen-bond acceptors (Lipinski definition) is 3. The number of benzene rings is 1. The summed E-state index contributed by atoms with van der Waals surface area (Å²) in [5, 5.41) is 4.37. The predicted molar refractivity (Wildman–Crippen MR) is 76.4 cm³/mol. The molecule has 0 saturated heterocycles. The van der Waals surface area contributed by atoms with E-state index in [2.05, 4.69) is 15.3 Å².